The van der Waals surface area contributed by atoms with Crippen LogP contribution in [0.15, 0.2) is 27.1 Å². The number of nitrogens with zero attached hydrogens (tertiary/aromatic N) is 2. The number of benzene rings is 1. The van der Waals surface area contributed by atoms with E-state index >= 15 is 0 Å². The largest absolute Gasteiger partial charge is 0.271 e. The Morgan fingerprint density at radius 1 is 1.45 bits per heavy atom. The van der Waals surface area contributed by atoms with E-state index in [2.05, 4.69) is 42.4 Å². The van der Waals surface area contributed by atoms with Crippen LogP contribution in [0.25, 0.3) is 0 Å². The van der Waals surface area contributed by atoms with Gasteiger partial charge in [0.05, 0.1) is 21.9 Å². The molecule has 0 aliphatic heterocycles. The third-order valence-electron chi connectivity index (χ3n) is 3.20. The lowest BCUT2D eigenvalue weighted by Gasteiger charge is -2.18. The molecule has 1 heterocycles. The molecule has 7 heteroatoms. The van der Waals surface area contributed by atoms with Crippen LogP contribution in [0.4, 0.5) is 4.39 Å². The van der Waals surface area contributed by atoms with E-state index in [-0.39, 0.29) is 11.9 Å². The molecule has 0 fully saturated rings. The van der Waals surface area contributed by atoms with Crippen LogP contribution in [0.3, 0.4) is 0 Å². The smallest absolute Gasteiger partial charge is 0.124 e. The van der Waals surface area contributed by atoms with Crippen molar-refractivity contribution in [2.45, 2.75) is 19.4 Å². The molecule has 20 heavy (non-hydrogen) atoms. The van der Waals surface area contributed by atoms with Gasteiger partial charge < -0.3 is 0 Å². The van der Waals surface area contributed by atoms with Crippen LogP contribution in [0.2, 0.25) is 0 Å². The van der Waals surface area contributed by atoms with Crippen LogP contribution in [0.5, 0.6) is 0 Å². The average Bonchev–Trinajstić information content (AvgIpc) is 2.62. The predicted molar refractivity (Wildman–Crippen MR) is 83.5 cm³/mol. The predicted octanol–water partition coefficient (Wildman–Crippen LogP) is 3.14. The topological polar surface area (TPSA) is 55.9 Å². The van der Waals surface area contributed by atoms with Crippen LogP contribution >= 0.6 is 31.9 Å². The molecule has 0 radical (unpaired) electrons. The molecule has 1 unspecified atom stereocenters. The number of hydrazine groups is 1. The number of rotatable bonds is 4. The first-order valence-corrected chi connectivity index (χ1v) is 7.61. The maximum absolute atomic E-state index is 13.2. The highest BCUT2D eigenvalue weighted by molar-refractivity contribution is 9.10. The molecule has 4 nitrogen and oxygen atoms in total. The number of aryl methyl sites for hydroxylation is 2. The van der Waals surface area contributed by atoms with Crippen molar-refractivity contribution in [2.75, 3.05) is 0 Å². The van der Waals surface area contributed by atoms with Crippen LogP contribution in [-0.2, 0) is 13.5 Å². The summed E-state index contributed by atoms with van der Waals surface area (Å²) in [5.74, 6) is 5.37. The number of nitrogens with one attached hydrogen (secondary N) is 1. The van der Waals surface area contributed by atoms with Crippen molar-refractivity contribution in [1.82, 2.24) is 15.2 Å². The summed E-state index contributed by atoms with van der Waals surface area (Å²) in [5, 5.41) is 4.36. The van der Waals surface area contributed by atoms with Gasteiger partial charge in [0.25, 0.3) is 0 Å². The molecule has 108 valence electrons. The molecule has 0 aliphatic rings. The lowest BCUT2D eigenvalue weighted by atomic mass is 10.0. The molecule has 1 atom stereocenters. The minimum absolute atomic E-state index is 0.143. The third-order valence-corrected chi connectivity index (χ3v) is 4.92. The van der Waals surface area contributed by atoms with Crippen molar-refractivity contribution < 1.29 is 4.39 Å². The molecule has 0 saturated heterocycles. The van der Waals surface area contributed by atoms with Gasteiger partial charge in [-0.3, -0.25) is 16.0 Å². The van der Waals surface area contributed by atoms with Crippen LogP contribution in [-0.4, -0.2) is 9.78 Å². The van der Waals surface area contributed by atoms with Crippen molar-refractivity contribution in [1.29, 1.82) is 0 Å². The molecule has 0 amide bonds. The van der Waals surface area contributed by atoms with Crippen molar-refractivity contribution in [3.05, 3.63) is 49.9 Å². The van der Waals surface area contributed by atoms with Gasteiger partial charge in [-0.15, -0.1) is 0 Å². The SMILES string of the molecule is Cc1nn(C)c(CC(NN)c2ccc(F)cc2Br)c1Br. The van der Waals surface area contributed by atoms with Gasteiger partial charge in [0.1, 0.15) is 5.82 Å². The van der Waals surface area contributed by atoms with Gasteiger partial charge in [0, 0.05) is 17.9 Å². The zero-order chi connectivity index (χ0) is 14.9. The summed E-state index contributed by atoms with van der Waals surface area (Å²) < 4.78 is 16.7. The summed E-state index contributed by atoms with van der Waals surface area (Å²) in [5.41, 5.74) is 5.64. The Balaban J connectivity index is 2.33. The Bertz CT molecular complexity index is 627. The van der Waals surface area contributed by atoms with Crippen molar-refractivity contribution in [3.63, 3.8) is 0 Å². The van der Waals surface area contributed by atoms with Gasteiger partial charge in [-0.25, -0.2) is 4.39 Å². The van der Waals surface area contributed by atoms with E-state index in [9.17, 15) is 4.39 Å². The Labute approximate surface area is 133 Å². The molecule has 1 aromatic carbocycles. The normalized spacial score (nSPS) is 12.7. The molecule has 1 aromatic heterocycles. The fraction of sp³-hybridized carbons (Fsp3) is 0.308. The number of hydrogen-bond acceptors (Lipinski definition) is 3. The second-order valence-electron chi connectivity index (χ2n) is 4.56. The van der Waals surface area contributed by atoms with Gasteiger partial charge in [-0.05, 0) is 40.5 Å². The minimum atomic E-state index is -0.283. The first kappa shape index (κ1) is 15.6. The fourth-order valence-corrected chi connectivity index (χ4v) is 3.26. The summed E-state index contributed by atoms with van der Waals surface area (Å²) in [7, 11) is 1.89. The molecular weight excluding hydrogens is 391 g/mol. The second kappa shape index (κ2) is 6.34. The Morgan fingerprint density at radius 3 is 2.65 bits per heavy atom. The lowest BCUT2D eigenvalue weighted by Crippen LogP contribution is -2.30. The first-order valence-electron chi connectivity index (χ1n) is 6.03. The van der Waals surface area contributed by atoms with Crippen LogP contribution in [0, 0.1) is 12.7 Å². The summed E-state index contributed by atoms with van der Waals surface area (Å²) >= 11 is 6.91. The van der Waals surface area contributed by atoms with E-state index in [4.69, 9.17) is 5.84 Å². The van der Waals surface area contributed by atoms with Crippen LogP contribution < -0.4 is 11.3 Å². The molecule has 0 bridgehead atoms. The third kappa shape index (κ3) is 3.11. The molecular formula is C13H15Br2FN4. The Kier molecular flexibility index (Phi) is 4.95. The minimum Gasteiger partial charge on any atom is -0.271 e. The zero-order valence-corrected chi connectivity index (χ0v) is 14.3. The summed E-state index contributed by atoms with van der Waals surface area (Å²) in [4.78, 5) is 0. The van der Waals surface area contributed by atoms with Crippen molar-refractivity contribution in [3.8, 4) is 0 Å². The number of hydrogen-bond donors (Lipinski definition) is 2. The van der Waals surface area contributed by atoms with Gasteiger partial charge in [-0.1, -0.05) is 22.0 Å². The molecule has 0 spiro atoms. The number of nitrogens with two attached hydrogens (primary N) is 1. The molecule has 2 rings (SSSR count). The first-order chi connectivity index (χ1) is 9.43. The quantitative estimate of drug-likeness (QED) is 0.606. The van der Waals surface area contributed by atoms with Crippen molar-refractivity contribution in [2.24, 2.45) is 12.9 Å². The number of halogens is 3. The van der Waals surface area contributed by atoms with E-state index in [1.54, 1.807) is 6.07 Å². The summed E-state index contributed by atoms with van der Waals surface area (Å²) in [6, 6.07) is 4.44. The average molecular weight is 406 g/mol. The zero-order valence-electron chi connectivity index (χ0n) is 11.1. The van der Waals surface area contributed by atoms with E-state index in [0.717, 1.165) is 21.4 Å². The summed E-state index contributed by atoms with van der Waals surface area (Å²) in [6.07, 6.45) is 0.638. The van der Waals surface area contributed by atoms with E-state index in [1.807, 2.05) is 18.7 Å². The van der Waals surface area contributed by atoms with Gasteiger partial charge in [0.2, 0.25) is 0 Å². The highest BCUT2D eigenvalue weighted by Crippen LogP contribution is 2.29. The highest BCUT2D eigenvalue weighted by Gasteiger charge is 2.19. The monoisotopic (exact) mass is 404 g/mol. The molecule has 0 saturated carbocycles. The van der Waals surface area contributed by atoms with E-state index in [1.165, 1.54) is 12.1 Å². The van der Waals surface area contributed by atoms with Crippen molar-refractivity contribution >= 4 is 31.9 Å². The highest BCUT2D eigenvalue weighted by atomic mass is 79.9. The maximum atomic E-state index is 13.2. The van der Waals surface area contributed by atoms with Crippen LogP contribution in [0.1, 0.15) is 23.0 Å². The standard InChI is InChI=1S/C13H15Br2FN4/c1-7-13(15)12(20(2)19-7)6-11(18-17)9-4-3-8(16)5-10(9)14/h3-5,11,18H,6,17H2,1-2H3. The summed E-state index contributed by atoms with van der Waals surface area (Å²) in [6.45, 7) is 1.94. The molecule has 3 N–H and O–H groups in total. The van der Waals surface area contributed by atoms with E-state index in [0.29, 0.717) is 10.9 Å². The Morgan fingerprint density at radius 2 is 2.15 bits per heavy atom. The second-order valence-corrected chi connectivity index (χ2v) is 6.21. The Hall–Kier alpha value is -0.760. The maximum Gasteiger partial charge on any atom is 0.124 e. The van der Waals surface area contributed by atoms with E-state index < -0.39 is 0 Å². The van der Waals surface area contributed by atoms with Gasteiger partial charge in [0.15, 0.2) is 0 Å². The lowest BCUT2D eigenvalue weighted by molar-refractivity contribution is 0.525. The molecule has 0 aliphatic carbocycles. The molecule has 2 aromatic rings. The van der Waals surface area contributed by atoms with Gasteiger partial charge in [-0.2, -0.15) is 5.10 Å². The fourth-order valence-electron chi connectivity index (χ4n) is 2.14. The number of aromatic nitrogens is 2. The van der Waals surface area contributed by atoms with Gasteiger partial charge >= 0.3 is 0 Å².